The van der Waals surface area contributed by atoms with Gasteiger partial charge in [0.05, 0.1) is 0 Å². The van der Waals surface area contributed by atoms with Gasteiger partial charge in [-0.25, -0.2) is 0 Å². The monoisotopic (exact) mass is 302 g/mol. The maximum atomic E-state index is 5.66. The van der Waals surface area contributed by atoms with E-state index in [2.05, 4.69) is 6.92 Å². The van der Waals surface area contributed by atoms with Gasteiger partial charge in [-0.15, -0.1) is 0 Å². The van der Waals surface area contributed by atoms with Crippen LogP contribution in [0, 0.1) is 0 Å². The van der Waals surface area contributed by atoms with Crippen molar-refractivity contribution in [3.05, 3.63) is 0 Å². The van der Waals surface area contributed by atoms with Crippen LogP contribution in [-0.4, -0.2) is 26.3 Å². The second-order valence-electron chi connectivity index (χ2n) is 5.69. The van der Waals surface area contributed by atoms with E-state index in [0.717, 1.165) is 12.8 Å². The normalized spacial score (nSPS) is 12.0. The van der Waals surface area contributed by atoms with E-state index in [1.807, 2.05) is 13.8 Å². The number of methoxy groups -OCH3 is 1. The highest BCUT2D eigenvalue weighted by molar-refractivity contribution is 4.58. The number of hydrogen-bond donors (Lipinski definition) is 0. The fraction of sp³-hybridized carbons (Fsp3) is 1.00. The lowest BCUT2D eigenvalue weighted by Gasteiger charge is -2.31. The summed E-state index contributed by atoms with van der Waals surface area (Å²) in [5, 5.41) is 0. The molecule has 128 valence electrons. The van der Waals surface area contributed by atoms with Gasteiger partial charge in [0.1, 0.15) is 0 Å². The fourth-order valence-electron chi connectivity index (χ4n) is 2.67. The molecule has 0 aromatic carbocycles. The van der Waals surface area contributed by atoms with Crippen LogP contribution in [-0.2, 0) is 14.2 Å². The smallest absolute Gasteiger partial charge is 0.282 e. The molecule has 0 unspecified atom stereocenters. The quantitative estimate of drug-likeness (QED) is 0.271. The summed E-state index contributed by atoms with van der Waals surface area (Å²) < 4.78 is 16.8. The molecule has 0 aliphatic rings. The molecule has 3 heteroatoms. The third-order valence-electron chi connectivity index (χ3n) is 3.88. The maximum absolute atomic E-state index is 5.66. The molecule has 3 nitrogen and oxygen atoms in total. The van der Waals surface area contributed by atoms with Crippen molar-refractivity contribution in [3.8, 4) is 0 Å². The van der Waals surface area contributed by atoms with Crippen LogP contribution in [0.15, 0.2) is 0 Å². The first-order valence-corrected chi connectivity index (χ1v) is 9.07. The van der Waals surface area contributed by atoms with E-state index in [4.69, 9.17) is 14.2 Å². The van der Waals surface area contributed by atoms with E-state index in [1.165, 1.54) is 57.8 Å². The zero-order chi connectivity index (χ0) is 15.8. The van der Waals surface area contributed by atoms with Crippen LogP contribution in [0.5, 0.6) is 0 Å². The highest BCUT2D eigenvalue weighted by atomic mass is 16.9. The van der Waals surface area contributed by atoms with Gasteiger partial charge in [0.2, 0.25) is 0 Å². The molecule has 0 amide bonds. The lowest BCUT2D eigenvalue weighted by Crippen LogP contribution is -2.38. The van der Waals surface area contributed by atoms with Crippen molar-refractivity contribution in [1.82, 2.24) is 0 Å². The lowest BCUT2D eigenvalue weighted by molar-refractivity contribution is -0.372. The second-order valence-corrected chi connectivity index (χ2v) is 5.69. The molecule has 0 saturated heterocycles. The van der Waals surface area contributed by atoms with Crippen molar-refractivity contribution in [2.45, 2.75) is 97.4 Å². The van der Waals surface area contributed by atoms with Gasteiger partial charge < -0.3 is 14.2 Å². The summed E-state index contributed by atoms with van der Waals surface area (Å²) in [5.74, 6) is -0.816. The molecule has 0 N–H and O–H groups in total. The van der Waals surface area contributed by atoms with Crippen LogP contribution < -0.4 is 0 Å². The molecule has 0 aromatic heterocycles. The summed E-state index contributed by atoms with van der Waals surface area (Å²) in [5.41, 5.74) is 0. The summed E-state index contributed by atoms with van der Waals surface area (Å²) in [6.07, 6.45) is 14.2. The Bertz CT molecular complexity index is 201. The van der Waals surface area contributed by atoms with Gasteiger partial charge >= 0.3 is 0 Å². The molecular weight excluding hydrogens is 264 g/mol. The summed E-state index contributed by atoms with van der Waals surface area (Å²) >= 11 is 0. The molecular formula is C18H38O3. The Morgan fingerprint density at radius 2 is 1.05 bits per heavy atom. The molecule has 0 aliphatic heterocycles. The molecule has 0 bridgehead atoms. The highest BCUT2D eigenvalue weighted by Crippen LogP contribution is 2.23. The largest absolute Gasteiger partial charge is 0.331 e. The lowest BCUT2D eigenvalue weighted by atomic mass is 10.1. The van der Waals surface area contributed by atoms with Crippen molar-refractivity contribution in [2.24, 2.45) is 0 Å². The first-order chi connectivity index (χ1) is 10.2. The van der Waals surface area contributed by atoms with Crippen LogP contribution in [0.1, 0.15) is 91.4 Å². The van der Waals surface area contributed by atoms with Gasteiger partial charge in [-0.3, -0.25) is 0 Å². The number of unbranched alkanes of at least 4 members (excludes halogenated alkanes) is 9. The van der Waals surface area contributed by atoms with Gasteiger partial charge in [0.15, 0.2) is 0 Å². The summed E-state index contributed by atoms with van der Waals surface area (Å²) in [4.78, 5) is 0. The van der Waals surface area contributed by atoms with E-state index < -0.39 is 5.97 Å². The Labute approximate surface area is 132 Å². The predicted molar refractivity (Wildman–Crippen MR) is 89.5 cm³/mol. The van der Waals surface area contributed by atoms with Crippen molar-refractivity contribution in [2.75, 3.05) is 20.3 Å². The molecule has 0 aliphatic carbocycles. The van der Waals surface area contributed by atoms with Gasteiger partial charge in [-0.05, 0) is 20.3 Å². The molecule has 0 aromatic rings. The number of ether oxygens (including phenoxy) is 3. The van der Waals surface area contributed by atoms with Gasteiger partial charge in [0, 0.05) is 26.7 Å². The zero-order valence-corrected chi connectivity index (χ0v) is 14.9. The SMILES string of the molecule is CCCCCCCCCCCCC(OC)(OCC)OCC. The van der Waals surface area contributed by atoms with Crippen LogP contribution >= 0.6 is 0 Å². The van der Waals surface area contributed by atoms with Crippen LogP contribution in [0.2, 0.25) is 0 Å². The first-order valence-electron chi connectivity index (χ1n) is 9.07. The Morgan fingerprint density at radius 1 is 0.619 bits per heavy atom. The van der Waals surface area contributed by atoms with Crippen molar-refractivity contribution < 1.29 is 14.2 Å². The number of hydrogen-bond acceptors (Lipinski definition) is 3. The van der Waals surface area contributed by atoms with E-state index in [9.17, 15) is 0 Å². The highest BCUT2D eigenvalue weighted by Gasteiger charge is 2.30. The van der Waals surface area contributed by atoms with Crippen molar-refractivity contribution in [3.63, 3.8) is 0 Å². The van der Waals surface area contributed by atoms with Crippen LogP contribution in [0.3, 0.4) is 0 Å². The molecule has 0 saturated carbocycles. The second kappa shape index (κ2) is 14.8. The van der Waals surface area contributed by atoms with E-state index in [1.54, 1.807) is 7.11 Å². The Morgan fingerprint density at radius 3 is 1.43 bits per heavy atom. The molecule has 0 fully saturated rings. The van der Waals surface area contributed by atoms with Crippen LogP contribution in [0.4, 0.5) is 0 Å². The third kappa shape index (κ3) is 11.1. The van der Waals surface area contributed by atoms with Crippen LogP contribution in [0.25, 0.3) is 0 Å². The van der Waals surface area contributed by atoms with Gasteiger partial charge in [-0.2, -0.15) is 0 Å². The Hall–Kier alpha value is -0.120. The molecule has 0 atom stereocenters. The third-order valence-corrected chi connectivity index (χ3v) is 3.88. The first kappa shape index (κ1) is 20.9. The summed E-state index contributed by atoms with van der Waals surface area (Å²) in [6.45, 7) is 7.46. The Balaban J connectivity index is 3.57. The minimum atomic E-state index is -0.816. The van der Waals surface area contributed by atoms with Crippen molar-refractivity contribution in [1.29, 1.82) is 0 Å². The molecule has 21 heavy (non-hydrogen) atoms. The number of rotatable bonds is 16. The molecule has 0 heterocycles. The minimum absolute atomic E-state index is 0.617. The fourth-order valence-corrected chi connectivity index (χ4v) is 2.67. The van der Waals surface area contributed by atoms with Gasteiger partial charge in [0.25, 0.3) is 5.97 Å². The average molecular weight is 302 g/mol. The zero-order valence-electron chi connectivity index (χ0n) is 14.9. The minimum Gasteiger partial charge on any atom is -0.331 e. The maximum Gasteiger partial charge on any atom is 0.282 e. The topological polar surface area (TPSA) is 27.7 Å². The molecule has 0 radical (unpaired) electrons. The standard InChI is InChI=1S/C18H38O3/c1-5-8-9-10-11-12-13-14-15-16-17-18(19-4,20-6-2)21-7-3/h5-17H2,1-4H3. The summed E-state index contributed by atoms with van der Waals surface area (Å²) in [6, 6.07) is 0. The summed E-state index contributed by atoms with van der Waals surface area (Å²) in [7, 11) is 1.67. The van der Waals surface area contributed by atoms with Crippen molar-refractivity contribution >= 4 is 0 Å². The molecule has 0 spiro atoms. The average Bonchev–Trinajstić information content (AvgIpc) is 2.49. The van der Waals surface area contributed by atoms with Gasteiger partial charge in [-0.1, -0.05) is 64.7 Å². The van der Waals surface area contributed by atoms with E-state index in [0.29, 0.717) is 13.2 Å². The van der Waals surface area contributed by atoms with E-state index >= 15 is 0 Å². The molecule has 0 rings (SSSR count). The van der Waals surface area contributed by atoms with E-state index in [-0.39, 0.29) is 0 Å². The Kier molecular flexibility index (Phi) is 14.7. The predicted octanol–water partition coefficient (Wildman–Crippen LogP) is 5.67.